The topological polar surface area (TPSA) is 80.5 Å². The average Bonchev–Trinajstić information content (AvgIpc) is 3.07. The number of benzene rings is 1. The van der Waals surface area contributed by atoms with Crippen molar-refractivity contribution in [3.05, 3.63) is 29.3 Å². The fourth-order valence-corrected chi connectivity index (χ4v) is 5.31. The second-order valence-electron chi connectivity index (χ2n) is 7.36. The molecule has 0 saturated carbocycles. The highest BCUT2D eigenvalue weighted by Gasteiger charge is 2.30. The van der Waals surface area contributed by atoms with Crippen LogP contribution in [0.15, 0.2) is 23.1 Å². The SMILES string of the molecule is CC(N)C1CCCCN1C(=O)CCS(=O)(=O)c1ccc2c(c1)CCC2. The first-order chi connectivity index (χ1) is 11.9. The number of rotatable bonds is 5. The molecule has 1 heterocycles. The van der Waals surface area contributed by atoms with E-state index in [4.69, 9.17) is 5.73 Å². The van der Waals surface area contributed by atoms with Crippen LogP contribution in [0.3, 0.4) is 0 Å². The molecule has 0 radical (unpaired) electrons. The molecule has 1 aromatic rings. The van der Waals surface area contributed by atoms with Crippen LogP contribution in [-0.2, 0) is 27.5 Å². The quantitative estimate of drug-likeness (QED) is 0.867. The molecule has 1 aliphatic heterocycles. The predicted octanol–water partition coefficient (Wildman–Crippen LogP) is 2.07. The molecular formula is C19H28N2O3S. The molecule has 1 fully saturated rings. The second kappa shape index (κ2) is 7.46. The van der Waals surface area contributed by atoms with Gasteiger partial charge >= 0.3 is 0 Å². The van der Waals surface area contributed by atoms with E-state index in [1.807, 2.05) is 13.0 Å². The molecule has 2 N–H and O–H groups in total. The number of hydrogen-bond acceptors (Lipinski definition) is 4. The summed E-state index contributed by atoms with van der Waals surface area (Å²) in [5.74, 6) is -0.223. The highest BCUT2D eigenvalue weighted by Crippen LogP contribution is 2.26. The maximum Gasteiger partial charge on any atom is 0.223 e. The van der Waals surface area contributed by atoms with Gasteiger partial charge in [0.1, 0.15) is 0 Å². The predicted molar refractivity (Wildman–Crippen MR) is 98.1 cm³/mol. The van der Waals surface area contributed by atoms with Crippen molar-refractivity contribution in [1.82, 2.24) is 4.90 Å². The molecule has 0 aromatic heterocycles. The third-order valence-electron chi connectivity index (χ3n) is 5.49. The molecular weight excluding hydrogens is 336 g/mol. The van der Waals surface area contributed by atoms with Crippen LogP contribution in [0, 0.1) is 0 Å². The number of amides is 1. The van der Waals surface area contributed by atoms with Gasteiger partial charge in [-0.1, -0.05) is 6.07 Å². The van der Waals surface area contributed by atoms with Gasteiger partial charge in [-0.2, -0.15) is 0 Å². The number of nitrogens with two attached hydrogens (primary N) is 1. The van der Waals surface area contributed by atoms with E-state index < -0.39 is 9.84 Å². The lowest BCUT2D eigenvalue weighted by Gasteiger charge is -2.38. The molecule has 2 atom stereocenters. The van der Waals surface area contributed by atoms with Crippen LogP contribution in [0.4, 0.5) is 0 Å². The zero-order chi connectivity index (χ0) is 18.0. The molecule has 1 aliphatic carbocycles. The summed E-state index contributed by atoms with van der Waals surface area (Å²) < 4.78 is 25.3. The minimum Gasteiger partial charge on any atom is -0.338 e. The Kier molecular flexibility index (Phi) is 5.49. The van der Waals surface area contributed by atoms with E-state index in [9.17, 15) is 13.2 Å². The minimum atomic E-state index is -3.43. The van der Waals surface area contributed by atoms with Gasteiger partial charge in [0.05, 0.1) is 10.6 Å². The van der Waals surface area contributed by atoms with E-state index in [1.165, 1.54) is 5.56 Å². The molecule has 3 rings (SSSR count). The Hall–Kier alpha value is -1.40. The molecule has 2 aliphatic rings. The fraction of sp³-hybridized carbons (Fsp3) is 0.632. The second-order valence-corrected chi connectivity index (χ2v) is 9.47. The summed E-state index contributed by atoms with van der Waals surface area (Å²) in [4.78, 5) is 14.7. The van der Waals surface area contributed by atoms with Gasteiger partial charge in [-0.15, -0.1) is 0 Å². The molecule has 5 nitrogen and oxygen atoms in total. The number of hydrogen-bond donors (Lipinski definition) is 1. The molecule has 6 heteroatoms. The lowest BCUT2D eigenvalue weighted by atomic mass is 9.96. The van der Waals surface area contributed by atoms with Crippen molar-refractivity contribution in [2.45, 2.75) is 68.8 Å². The molecule has 0 bridgehead atoms. The maximum atomic E-state index is 12.6. The summed E-state index contributed by atoms with van der Waals surface area (Å²) in [5, 5.41) is 0. The van der Waals surface area contributed by atoms with Gasteiger partial charge in [0, 0.05) is 25.0 Å². The van der Waals surface area contributed by atoms with Crippen molar-refractivity contribution in [3.8, 4) is 0 Å². The first-order valence-electron chi connectivity index (χ1n) is 9.28. The standard InChI is InChI=1S/C19H28N2O3S/c1-14(20)18-7-2-3-11-21(18)19(22)10-12-25(23,24)17-9-8-15-5-4-6-16(15)13-17/h8-9,13-14,18H,2-7,10-12,20H2,1H3. The van der Waals surface area contributed by atoms with Crippen molar-refractivity contribution in [2.24, 2.45) is 5.73 Å². The first-order valence-corrected chi connectivity index (χ1v) is 10.9. The van der Waals surface area contributed by atoms with E-state index in [1.54, 1.807) is 17.0 Å². The summed E-state index contributed by atoms with van der Waals surface area (Å²) in [6, 6.07) is 5.36. The Balaban J connectivity index is 1.66. The number of sulfone groups is 1. The van der Waals surface area contributed by atoms with Crippen LogP contribution < -0.4 is 5.73 Å². The molecule has 1 amide bonds. The smallest absolute Gasteiger partial charge is 0.223 e. The Morgan fingerprint density at radius 1 is 1.24 bits per heavy atom. The Bertz CT molecular complexity index is 743. The zero-order valence-corrected chi connectivity index (χ0v) is 15.7. The number of carbonyl (C=O) groups is 1. The lowest BCUT2D eigenvalue weighted by Crippen LogP contribution is -2.51. The van der Waals surface area contributed by atoms with Crippen molar-refractivity contribution >= 4 is 15.7 Å². The first kappa shape index (κ1) is 18.4. The van der Waals surface area contributed by atoms with Crippen molar-refractivity contribution in [1.29, 1.82) is 0 Å². The summed E-state index contributed by atoms with van der Waals surface area (Å²) in [7, 11) is -3.43. The molecule has 138 valence electrons. The summed E-state index contributed by atoms with van der Waals surface area (Å²) in [6.45, 7) is 2.60. The normalized spacial score (nSPS) is 21.8. The minimum absolute atomic E-state index is 0.0304. The van der Waals surface area contributed by atoms with Crippen molar-refractivity contribution in [2.75, 3.05) is 12.3 Å². The zero-order valence-electron chi connectivity index (χ0n) is 14.9. The summed E-state index contributed by atoms with van der Waals surface area (Å²) >= 11 is 0. The van der Waals surface area contributed by atoms with Crippen LogP contribution in [-0.4, -0.2) is 43.6 Å². The maximum absolute atomic E-state index is 12.6. The molecule has 1 saturated heterocycles. The van der Waals surface area contributed by atoms with Crippen LogP contribution >= 0.6 is 0 Å². The number of piperidine rings is 1. The third-order valence-corrected chi connectivity index (χ3v) is 7.20. The van der Waals surface area contributed by atoms with Gasteiger partial charge < -0.3 is 10.6 Å². The van der Waals surface area contributed by atoms with Crippen LogP contribution in [0.2, 0.25) is 0 Å². The Morgan fingerprint density at radius 2 is 2.00 bits per heavy atom. The molecule has 1 aromatic carbocycles. The van der Waals surface area contributed by atoms with Gasteiger partial charge in [-0.25, -0.2) is 8.42 Å². The van der Waals surface area contributed by atoms with Crippen LogP contribution in [0.25, 0.3) is 0 Å². The van der Waals surface area contributed by atoms with Crippen LogP contribution in [0.1, 0.15) is 50.2 Å². The van der Waals surface area contributed by atoms with Gasteiger partial charge in [0.2, 0.25) is 5.91 Å². The van der Waals surface area contributed by atoms with E-state index in [0.29, 0.717) is 11.4 Å². The Labute approximate surface area is 150 Å². The van der Waals surface area contributed by atoms with Gasteiger partial charge in [-0.3, -0.25) is 4.79 Å². The van der Waals surface area contributed by atoms with Crippen LogP contribution in [0.5, 0.6) is 0 Å². The summed E-state index contributed by atoms with van der Waals surface area (Å²) in [5.41, 5.74) is 8.40. The third kappa shape index (κ3) is 4.06. The number of carbonyl (C=O) groups excluding carboxylic acids is 1. The molecule has 0 spiro atoms. The van der Waals surface area contributed by atoms with E-state index in [-0.39, 0.29) is 30.2 Å². The number of likely N-dealkylation sites (tertiary alicyclic amines) is 1. The average molecular weight is 365 g/mol. The highest BCUT2D eigenvalue weighted by molar-refractivity contribution is 7.91. The number of aryl methyl sites for hydroxylation is 2. The molecule has 25 heavy (non-hydrogen) atoms. The highest BCUT2D eigenvalue weighted by atomic mass is 32.2. The van der Waals surface area contributed by atoms with Crippen molar-refractivity contribution < 1.29 is 13.2 Å². The van der Waals surface area contributed by atoms with E-state index >= 15 is 0 Å². The van der Waals surface area contributed by atoms with E-state index in [0.717, 1.165) is 44.1 Å². The summed E-state index contributed by atoms with van der Waals surface area (Å²) in [6.07, 6.45) is 6.04. The number of nitrogens with zero attached hydrogens (tertiary/aromatic N) is 1. The largest absolute Gasteiger partial charge is 0.338 e. The monoisotopic (exact) mass is 364 g/mol. The van der Waals surface area contributed by atoms with E-state index in [2.05, 4.69) is 0 Å². The molecule has 2 unspecified atom stereocenters. The number of fused-ring (bicyclic) bond motifs is 1. The van der Waals surface area contributed by atoms with Gasteiger partial charge in [-0.05, 0) is 68.7 Å². The lowest BCUT2D eigenvalue weighted by molar-refractivity contribution is -0.134. The van der Waals surface area contributed by atoms with Gasteiger partial charge in [0.15, 0.2) is 9.84 Å². The fourth-order valence-electron chi connectivity index (χ4n) is 4.04. The van der Waals surface area contributed by atoms with Crippen molar-refractivity contribution in [3.63, 3.8) is 0 Å². The Morgan fingerprint density at radius 3 is 2.76 bits per heavy atom. The van der Waals surface area contributed by atoms with Gasteiger partial charge in [0.25, 0.3) is 0 Å².